The topological polar surface area (TPSA) is 47.6 Å². The summed E-state index contributed by atoms with van der Waals surface area (Å²) in [5, 5.41) is 3.09. The zero-order valence-corrected chi connectivity index (χ0v) is 17.8. The minimum atomic E-state index is -0.244. The van der Waals surface area contributed by atoms with Crippen LogP contribution in [0.2, 0.25) is 0 Å². The molecule has 0 spiro atoms. The molecule has 1 aliphatic heterocycles. The van der Waals surface area contributed by atoms with Gasteiger partial charge in [0.15, 0.2) is 0 Å². The second-order valence-electron chi connectivity index (χ2n) is 9.29. The number of alkyl carbamates (subject to hydrolysis) is 1. The highest BCUT2D eigenvalue weighted by atomic mass is 16.6. The zero-order valence-electron chi connectivity index (χ0n) is 17.8. The maximum absolute atomic E-state index is 12.4. The molecule has 0 unspecified atom stereocenters. The zero-order chi connectivity index (χ0) is 19.4. The predicted octanol–water partition coefficient (Wildman–Crippen LogP) is 5.47. The minimum Gasteiger partial charge on any atom is -0.449 e. The van der Waals surface area contributed by atoms with E-state index in [1.165, 1.54) is 37.7 Å². The Morgan fingerprint density at radius 3 is 2.74 bits per heavy atom. The van der Waals surface area contributed by atoms with Gasteiger partial charge in [-0.15, -0.1) is 0 Å². The number of hydrogen-bond acceptors (Lipinski definition) is 3. The summed E-state index contributed by atoms with van der Waals surface area (Å²) in [4.78, 5) is 12.4. The first-order valence-corrected chi connectivity index (χ1v) is 11.2. The maximum atomic E-state index is 12.4. The molecule has 5 atom stereocenters. The molecule has 1 N–H and O–H groups in total. The number of amides is 1. The smallest absolute Gasteiger partial charge is 0.407 e. The molecule has 0 aromatic heterocycles. The van der Waals surface area contributed by atoms with Crippen molar-refractivity contribution in [2.24, 2.45) is 23.2 Å². The van der Waals surface area contributed by atoms with Gasteiger partial charge in [-0.05, 0) is 38.0 Å². The van der Waals surface area contributed by atoms with Gasteiger partial charge in [0, 0.05) is 17.4 Å². The van der Waals surface area contributed by atoms with Crippen molar-refractivity contribution < 1.29 is 14.3 Å². The van der Waals surface area contributed by atoms with Gasteiger partial charge in [0.1, 0.15) is 6.61 Å². The van der Waals surface area contributed by atoms with Crippen molar-refractivity contribution in [3.8, 4) is 0 Å². The lowest BCUT2D eigenvalue weighted by Gasteiger charge is -2.55. The van der Waals surface area contributed by atoms with Crippen LogP contribution in [0.15, 0.2) is 11.6 Å². The molecule has 2 fully saturated rings. The van der Waals surface area contributed by atoms with E-state index in [0.717, 1.165) is 19.3 Å². The maximum Gasteiger partial charge on any atom is 0.407 e. The van der Waals surface area contributed by atoms with Crippen molar-refractivity contribution in [3.63, 3.8) is 0 Å². The number of unbranched alkanes of at least 4 members (excludes halogenated alkanes) is 1. The highest BCUT2D eigenvalue weighted by Crippen LogP contribution is 2.53. The summed E-state index contributed by atoms with van der Waals surface area (Å²) in [7, 11) is 0. The predicted molar refractivity (Wildman–Crippen MR) is 109 cm³/mol. The number of carbonyl (C=O) groups excluding carboxylic acids is 1. The van der Waals surface area contributed by atoms with Gasteiger partial charge >= 0.3 is 6.09 Å². The molecule has 4 heteroatoms. The van der Waals surface area contributed by atoms with Crippen molar-refractivity contribution in [2.45, 2.75) is 91.2 Å². The van der Waals surface area contributed by atoms with Crippen LogP contribution in [0.1, 0.15) is 79.1 Å². The summed E-state index contributed by atoms with van der Waals surface area (Å²) in [5.41, 5.74) is 1.36. The SMILES string of the molecule is CCCC[C@@H]1OC[C@@]2(COC(=O)NC3CCCCC3)[C@H](C)C=C(C)[C@@H]1[C@H]2C. The van der Waals surface area contributed by atoms with Crippen molar-refractivity contribution in [1.29, 1.82) is 0 Å². The molecule has 0 radical (unpaired) electrons. The van der Waals surface area contributed by atoms with E-state index in [4.69, 9.17) is 9.47 Å². The highest BCUT2D eigenvalue weighted by molar-refractivity contribution is 5.67. The molecule has 0 aromatic rings. The van der Waals surface area contributed by atoms with E-state index in [0.29, 0.717) is 43.1 Å². The molecule has 1 amide bonds. The van der Waals surface area contributed by atoms with Crippen molar-refractivity contribution in [3.05, 3.63) is 11.6 Å². The Balaban J connectivity index is 1.64. The Kier molecular flexibility index (Phi) is 6.88. The third-order valence-electron chi connectivity index (χ3n) is 7.60. The molecule has 3 aliphatic rings. The Morgan fingerprint density at radius 1 is 1.30 bits per heavy atom. The second kappa shape index (κ2) is 8.98. The van der Waals surface area contributed by atoms with E-state index in [2.05, 4.69) is 39.1 Å². The minimum absolute atomic E-state index is 0.100. The first kappa shape index (κ1) is 20.7. The molecule has 27 heavy (non-hydrogen) atoms. The Labute approximate surface area is 165 Å². The number of fused-ring (bicyclic) bond motifs is 2. The fraction of sp³-hybridized carbons (Fsp3) is 0.870. The van der Waals surface area contributed by atoms with Crippen LogP contribution in [0.25, 0.3) is 0 Å². The van der Waals surface area contributed by atoms with Crippen molar-refractivity contribution >= 4 is 6.09 Å². The van der Waals surface area contributed by atoms with E-state index in [1.54, 1.807) is 0 Å². The van der Waals surface area contributed by atoms with Crippen LogP contribution in [0.5, 0.6) is 0 Å². The summed E-state index contributed by atoms with van der Waals surface area (Å²) in [6.07, 6.45) is 11.9. The van der Waals surface area contributed by atoms with Gasteiger partial charge in [0.2, 0.25) is 0 Å². The summed E-state index contributed by atoms with van der Waals surface area (Å²) in [5.74, 6) is 1.28. The number of ether oxygens (including phenoxy) is 2. The number of rotatable bonds is 6. The van der Waals surface area contributed by atoms with Gasteiger partial charge < -0.3 is 14.8 Å². The van der Waals surface area contributed by atoms with Crippen LogP contribution >= 0.6 is 0 Å². The van der Waals surface area contributed by atoms with Crippen LogP contribution in [0, 0.1) is 23.2 Å². The van der Waals surface area contributed by atoms with Crippen LogP contribution in [-0.4, -0.2) is 31.5 Å². The molecule has 0 aromatic carbocycles. The van der Waals surface area contributed by atoms with Crippen LogP contribution in [-0.2, 0) is 9.47 Å². The summed E-state index contributed by atoms with van der Waals surface area (Å²) in [6, 6.07) is 0.292. The molecule has 1 saturated carbocycles. The molecule has 4 nitrogen and oxygen atoms in total. The number of hydrogen-bond donors (Lipinski definition) is 1. The van der Waals surface area contributed by atoms with Gasteiger partial charge in [-0.25, -0.2) is 4.79 Å². The Bertz CT molecular complexity index is 540. The van der Waals surface area contributed by atoms with E-state index in [9.17, 15) is 4.79 Å². The number of carbonyl (C=O) groups is 1. The highest BCUT2D eigenvalue weighted by Gasteiger charge is 2.53. The first-order valence-electron chi connectivity index (χ1n) is 11.2. The van der Waals surface area contributed by atoms with E-state index in [1.807, 2.05) is 0 Å². The molecule has 1 saturated heterocycles. The Hall–Kier alpha value is -1.03. The van der Waals surface area contributed by atoms with Gasteiger partial charge in [0.25, 0.3) is 0 Å². The quantitative estimate of drug-likeness (QED) is 0.624. The van der Waals surface area contributed by atoms with Crippen molar-refractivity contribution in [1.82, 2.24) is 5.32 Å². The van der Waals surface area contributed by atoms with Gasteiger partial charge in [-0.1, -0.05) is 64.5 Å². The lowest BCUT2D eigenvalue weighted by atomic mass is 9.56. The summed E-state index contributed by atoms with van der Waals surface area (Å²) in [6.45, 7) is 10.2. The van der Waals surface area contributed by atoms with Gasteiger partial charge in [0.05, 0.1) is 12.7 Å². The van der Waals surface area contributed by atoms with Crippen LogP contribution < -0.4 is 5.32 Å². The normalized spacial score (nSPS) is 36.8. The standard InChI is InChI=1S/C23H39NO3/c1-5-6-12-20-21-16(2)13-17(3)23(14-26-20,18(21)4)15-27-22(25)24-19-10-8-7-9-11-19/h13,17-21H,5-12,14-15H2,1-4H3,(H,24,25)/t17-,18-,20+,21-,23-/m1/s1. The molecule has 2 bridgehead atoms. The molecule has 154 valence electrons. The largest absolute Gasteiger partial charge is 0.449 e. The fourth-order valence-corrected chi connectivity index (χ4v) is 5.71. The fourth-order valence-electron chi connectivity index (χ4n) is 5.71. The monoisotopic (exact) mass is 377 g/mol. The molecular formula is C23H39NO3. The average Bonchev–Trinajstić information content (AvgIpc) is 2.65. The van der Waals surface area contributed by atoms with Gasteiger partial charge in [-0.2, -0.15) is 0 Å². The molecule has 2 aliphatic carbocycles. The van der Waals surface area contributed by atoms with E-state index in [-0.39, 0.29) is 11.5 Å². The van der Waals surface area contributed by atoms with Gasteiger partial charge in [-0.3, -0.25) is 0 Å². The van der Waals surface area contributed by atoms with E-state index < -0.39 is 0 Å². The lowest BCUT2D eigenvalue weighted by molar-refractivity contribution is -0.165. The first-order chi connectivity index (χ1) is 13.0. The average molecular weight is 378 g/mol. The number of nitrogens with one attached hydrogen (secondary N) is 1. The second-order valence-corrected chi connectivity index (χ2v) is 9.29. The number of allylic oxidation sites excluding steroid dienone is 1. The van der Waals surface area contributed by atoms with Crippen LogP contribution in [0.3, 0.4) is 0 Å². The summed E-state index contributed by atoms with van der Waals surface area (Å²) >= 11 is 0. The molecule has 1 heterocycles. The van der Waals surface area contributed by atoms with Crippen LogP contribution in [0.4, 0.5) is 4.79 Å². The van der Waals surface area contributed by atoms with Crippen molar-refractivity contribution in [2.75, 3.05) is 13.2 Å². The molecule has 3 rings (SSSR count). The third-order valence-corrected chi connectivity index (χ3v) is 7.60. The Morgan fingerprint density at radius 2 is 2.04 bits per heavy atom. The van der Waals surface area contributed by atoms with E-state index >= 15 is 0 Å². The lowest BCUT2D eigenvalue weighted by Crippen LogP contribution is -2.57. The summed E-state index contributed by atoms with van der Waals surface area (Å²) < 4.78 is 12.2. The molecular weight excluding hydrogens is 338 g/mol. The third kappa shape index (κ3) is 4.36.